The number of aryl methyl sites for hydroxylation is 1. The zero-order valence-electron chi connectivity index (χ0n) is 21.0. The Kier molecular flexibility index (Phi) is 9.16. The Balaban J connectivity index is 1.38. The van der Waals surface area contributed by atoms with Crippen LogP contribution in [0.5, 0.6) is 0 Å². The molecule has 0 radical (unpaired) electrons. The van der Waals surface area contributed by atoms with Crippen LogP contribution in [-0.4, -0.2) is 79.1 Å². The molecule has 5 amide bonds. The molecule has 0 bridgehead atoms. The zero-order chi connectivity index (χ0) is 26.3. The number of amides is 5. The third kappa shape index (κ3) is 7.11. The molecular weight excluding hydrogens is 468 g/mol. The van der Waals surface area contributed by atoms with Crippen molar-refractivity contribution >= 4 is 29.7 Å². The van der Waals surface area contributed by atoms with Crippen LogP contribution in [0.15, 0.2) is 18.2 Å². The summed E-state index contributed by atoms with van der Waals surface area (Å²) in [5.74, 6) is -2.00. The molecule has 1 fully saturated rings. The maximum Gasteiger partial charge on any atom is 0.407 e. The number of fused-ring (bicyclic) bond motifs is 1. The quantitative estimate of drug-likeness (QED) is 0.302. The topological polar surface area (TPSA) is 143 Å². The fourth-order valence-corrected chi connectivity index (χ4v) is 4.11. The molecule has 2 heterocycles. The molecule has 11 nitrogen and oxygen atoms in total. The van der Waals surface area contributed by atoms with Gasteiger partial charge in [-0.1, -0.05) is 12.1 Å². The highest BCUT2D eigenvalue weighted by molar-refractivity contribution is 6.24. The highest BCUT2D eigenvalue weighted by Crippen LogP contribution is 2.30. The van der Waals surface area contributed by atoms with Crippen molar-refractivity contribution in [3.05, 3.63) is 34.9 Å². The molecular formula is C25H34N4O7. The van der Waals surface area contributed by atoms with Gasteiger partial charge in [0.1, 0.15) is 11.6 Å². The van der Waals surface area contributed by atoms with Gasteiger partial charge in [-0.3, -0.25) is 29.4 Å². The lowest BCUT2D eigenvalue weighted by Gasteiger charge is -2.27. The van der Waals surface area contributed by atoms with Crippen molar-refractivity contribution in [3.8, 4) is 0 Å². The van der Waals surface area contributed by atoms with Crippen molar-refractivity contribution in [2.45, 2.75) is 58.1 Å². The number of benzene rings is 1. The molecule has 2 aliphatic heterocycles. The van der Waals surface area contributed by atoms with Crippen LogP contribution in [0.3, 0.4) is 0 Å². The highest BCUT2D eigenvalue weighted by Gasteiger charge is 2.45. The fourth-order valence-electron chi connectivity index (χ4n) is 4.11. The number of hydrogen-bond acceptors (Lipinski definition) is 8. The predicted molar refractivity (Wildman–Crippen MR) is 129 cm³/mol. The van der Waals surface area contributed by atoms with Crippen LogP contribution >= 0.6 is 0 Å². The molecule has 0 saturated carbocycles. The maximum atomic E-state index is 13.1. The first-order valence-corrected chi connectivity index (χ1v) is 12.2. The summed E-state index contributed by atoms with van der Waals surface area (Å²) in [6.45, 7) is 7.91. The fraction of sp³-hybridized carbons (Fsp3) is 0.560. The molecule has 2 aliphatic rings. The van der Waals surface area contributed by atoms with E-state index >= 15 is 0 Å². The molecule has 3 N–H and O–H groups in total. The number of rotatable bonds is 11. The number of imide groups is 2. The molecule has 1 aromatic carbocycles. The SMILES string of the molecule is CC(C)(C)OC(=O)NCCOCCNCCCc1cccc2c1C(=O)N(C1CCC(=O)NC1=O)C2=O. The molecule has 3 rings (SSSR count). The van der Waals surface area contributed by atoms with Crippen molar-refractivity contribution in [2.75, 3.05) is 32.8 Å². The molecule has 1 unspecified atom stereocenters. The van der Waals surface area contributed by atoms with Gasteiger partial charge in [-0.2, -0.15) is 0 Å². The lowest BCUT2D eigenvalue weighted by molar-refractivity contribution is -0.136. The third-order valence-corrected chi connectivity index (χ3v) is 5.69. The van der Waals surface area contributed by atoms with Crippen molar-refractivity contribution in [2.24, 2.45) is 0 Å². The number of hydrogen-bond donors (Lipinski definition) is 3. The van der Waals surface area contributed by atoms with Crippen LogP contribution < -0.4 is 16.0 Å². The van der Waals surface area contributed by atoms with E-state index in [0.29, 0.717) is 50.4 Å². The van der Waals surface area contributed by atoms with Gasteiger partial charge in [-0.15, -0.1) is 0 Å². The van der Waals surface area contributed by atoms with Crippen LogP contribution in [0.25, 0.3) is 0 Å². The Morgan fingerprint density at radius 2 is 1.83 bits per heavy atom. The lowest BCUT2D eigenvalue weighted by atomic mass is 9.99. The third-order valence-electron chi connectivity index (χ3n) is 5.69. The Bertz CT molecular complexity index is 1020. The zero-order valence-corrected chi connectivity index (χ0v) is 21.0. The van der Waals surface area contributed by atoms with Gasteiger partial charge in [0, 0.05) is 19.5 Å². The first-order valence-electron chi connectivity index (χ1n) is 12.2. The Morgan fingerprint density at radius 1 is 1.08 bits per heavy atom. The van der Waals surface area contributed by atoms with Gasteiger partial charge >= 0.3 is 6.09 Å². The number of carbonyl (C=O) groups is 5. The molecule has 0 aromatic heterocycles. The van der Waals surface area contributed by atoms with E-state index in [2.05, 4.69) is 16.0 Å². The van der Waals surface area contributed by atoms with Crippen LogP contribution in [0.1, 0.15) is 66.3 Å². The van der Waals surface area contributed by atoms with Gasteiger partial charge in [0.2, 0.25) is 11.8 Å². The normalized spacial score (nSPS) is 17.8. The molecule has 36 heavy (non-hydrogen) atoms. The minimum absolute atomic E-state index is 0.0896. The average molecular weight is 503 g/mol. The minimum atomic E-state index is -0.969. The first-order chi connectivity index (χ1) is 17.1. The summed E-state index contributed by atoms with van der Waals surface area (Å²) in [4.78, 5) is 62.2. The second kappa shape index (κ2) is 12.1. The minimum Gasteiger partial charge on any atom is -0.444 e. The van der Waals surface area contributed by atoms with Crippen LogP contribution in [0.2, 0.25) is 0 Å². The van der Waals surface area contributed by atoms with E-state index in [1.54, 1.807) is 32.9 Å². The highest BCUT2D eigenvalue weighted by atomic mass is 16.6. The smallest absolute Gasteiger partial charge is 0.407 e. The lowest BCUT2D eigenvalue weighted by Crippen LogP contribution is -2.54. The van der Waals surface area contributed by atoms with Crippen molar-refractivity contribution < 1.29 is 33.4 Å². The molecule has 1 saturated heterocycles. The maximum absolute atomic E-state index is 13.1. The molecule has 1 atom stereocenters. The Labute approximate surface area is 210 Å². The summed E-state index contributed by atoms with van der Waals surface area (Å²) in [7, 11) is 0. The number of ether oxygens (including phenoxy) is 2. The number of piperidine rings is 1. The predicted octanol–water partition coefficient (Wildman–Crippen LogP) is 1.15. The Hall–Kier alpha value is -3.31. The van der Waals surface area contributed by atoms with Gasteiger partial charge in [0.05, 0.1) is 24.3 Å². The molecule has 11 heteroatoms. The van der Waals surface area contributed by atoms with Gasteiger partial charge < -0.3 is 20.1 Å². The van der Waals surface area contributed by atoms with Gasteiger partial charge in [-0.05, 0) is 58.2 Å². The molecule has 1 aromatic rings. The van der Waals surface area contributed by atoms with Crippen molar-refractivity contribution in [1.29, 1.82) is 0 Å². The largest absolute Gasteiger partial charge is 0.444 e. The summed E-state index contributed by atoms with van der Waals surface area (Å²) >= 11 is 0. The van der Waals surface area contributed by atoms with E-state index in [1.807, 2.05) is 6.07 Å². The second-order valence-corrected chi connectivity index (χ2v) is 9.68. The van der Waals surface area contributed by atoms with Gasteiger partial charge in [0.25, 0.3) is 11.8 Å². The number of carbonyl (C=O) groups excluding carboxylic acids is 5. The summed E-state index contributed by atoms with van der Waals surface area (Å²) in [5, 5.41) is 8.09. The summed E-state index contributed by atoms with van der Waals surface area (Å²) < 4.78 is 10.6. The summed E-state index contributed by atoms with van der Waals surface area (Å²) in [5.41, 5.74) is 0.855. The monoisotopic (exact) mass is 502 g/mol. The van der Waals surface area contributed by atoms with E-state index in [9.17, 15) is 24.0 Å². The molecule has 196 valence electrons. The molecule has 0 aliphatic carbocycles. The molecule has 0 spiro atoms. The van der Waals surface area contributed by atoms with E-state index in [1.165, 1.54) is 0 Å². The van der Waals surface area contributed by atoms with Gasteiger partial charge in [0.15, 0.2) is 0 Å². The van der Waals surface area contributed by atoms with E-state index in [-0.39, 0.29) is 12.8 Å². The van der Waals surface area contributed by atoms with E-state index < -0.39 is 41.4 Å². The number of alkyl carbamates (subject to hydrolysis) is 1. The Morgan fingerprint density at radius 3 is 2.56 bits per heavy atom. The van der Waals surface area contributed by atoms with Crippen LogP contribution in [-0.2, 0) is 25.5 Å². The standard InChI is InChI=1S/C25H34N4O7/c1-25(2,3)36-24(34)27-13-15-35-14-12-26-11-5-7-16-6-4-8-17-20(16)23(33)29(22(17)32)18-9-10-19(30)28-21(18)31/h4,6,8,18,26H,5,7,9-15H2,1-3H3,(H,27,34)(H,28,30,31). The second-order valence-electron chi connectivity index (χ2n) is 9.68. The van der Waals surface area contributed by atoms with Crippen LogP contribution in [0, 0.1) is 0 Å². The number of nitrogens with zero attached hydrogens (tertiary/aromatic N) is 1. The summed E-state index contributed by atoms with van der Waals surface area (Å²) in [6.07, 6.45) is 1.06. The average Bonchev–Trinajstić information content (AvgIpc) is 3.05. The van der Waals surface area contributed by atoms with Crippen molar-refractivity contribution in [3.63, 3.8) is 0 Å². The van der Waals surface area contributed by atoms with E-state index in [4.69, 9.17) is 9.47 Å². The van der Waals surface area contributed by atoms with Gasteiger partial charge in [-0.25, -0.2) is 4.79 Å². The van der Waals surface area contributed by atoms with Crippen molar-refractivity contribution in [1.82, 2.24) is 20.9 Å². The first kappa shape index (κ1) is 27.3. The van der Waals surface area contributed by atoms with E-state index in [0.717, 1.165) is 16.9 Å². The summed E-state index contributed by atoms with van der Waals surface area (Å²) in [6, 6.07) is 4.18. The van der Waals surface area contributed by atoms with Crippen LogP contribution in [0.4, 0.5) is 4.79 Å². The number of nitrogens with one attached hydrogen (secondary N) is 3.